The summed E-state index contributed by atoms with van der Waals surface area (Å²) in [5, 5.41) is 14.8. The molecule has 13 nitrogen and oxygen atoms in total. The van der Waals surface area contributed by atoms with Gasteiger partial charge in [-0.1, -0.05) is 60.1 Å². The maximum Gasteiger partial charge on any atom is 0.264 e. The summed E-state index contributed by atoms with van der Waals surface area (Å²) in [7, 11) is 0. The first-order chi connectivity index (χ1) is 42.4. The van der Waals surface area contributed by atoms with Gasteiger partial charge in [0.25, 0.3) is 17.7 Å². The highest BCUT2D eigenvalue weighted by molar-refractivity contribution is 8.00. The van der Waals surface area contributed by atoms with Crippen molar-refractivity contribution in [3.63, 3.8) is 0 Å². The van der Waals surface area contributed by atoms with Gasteiger partial charge in [-0.15, -0.1) is 57.1 Å². The number of ether oxygens (including phenoxy) is 3. The number of thioether (sulfide) groups is 1. The fourth-order valence-electron chi connectivity index (χ4n) is 14.0. The molecule has 19 heteroatoms. The first-order valence-electron chi connectivity index (χ1n) is 30.1. The van der Waals surface area contributed by atoms with Crippen LogP contribution in [0.4, 0.5) is 0 Å². The normalized spacial score (nSPS) is 18.1. The molecule has 3 spiro atoms. The predicted octanol–water partition coefficient (Wildman–Crippen LogP) is 13.3. The Morgan fingerprint density at radius 2 is 1.08 bits per heavy atom. The number of aryl methyl sites for hydroxylation is 1. The number of nitriles is 1. The molecule has 15 rings (SSSR count). The second kappa shape index (κ2) is 25.0. The number of halogens is 1. The molecule has 3 fully saturated rings. The molecule has 450 valence electrons. The average molecular weight is 1280 g/mol. The molecular weight excluding hydrogens is 1210 g/mol. The molecule has 6 aliphatic heterocycles. The van der Waals surface area contributed by atoms with Gasteiger partial charge in [-0.2, -0.15) is 5.26 Å². The van der Waals surface area contributed by atoms with E-state index in [-0.39, 0.29) is 34.0 Å². The number of benzene rings is 4. The predicted molar refractivity (Wildman–Crippen MR) is 352 cm³/mol. The third kappa shape index (κ3) is 11.3. The van der Waals surface area contributed by atoms with Crippen molar-refractivity contribution < 1.29 is 28.6 Å². The Hall–Kier alpha value is -6.24. The lowest BCUT2D eigenvalue weighted by Crippen LogP contribution is -2.46. The molecule has 3 amide bonds. The van der Waals surface area contributed by atoms with Crippen molar-refractivity contribution in [1.82, 2.24) is 14.7 Å². The number of nitrogens with two attached hydrogens (primary N) is 3. The minimum atomic E-state index is -0.0754. The van der Waals surface area contributed by atoms with Crippen molar-refractivity contribution in [2.75, 3.05) is 65.3 Å². The van der Waals surface area contributed by atoms with Gasteiger partial charge in [0.1, 0.15) is 28.2 Å². The topological polar surface area (TPSA) is 190 Å². The van der Waals surface area contributed by atoms with Crippen LogP contribution >= 0.6 is 68.7 Å². The fourth-order valence-corrected chi connectivity index (χ4v) is 19.2. The second-order valence-corrected chi connectivity index (χ2v) is 29.5. The first kappa shape index (κ1) is 59.7. The Labute approximate surface area is 533 Å². The lowest BCUT2D eigenvalue weighted by Gasteiger charge is -2.38. The van der Waals surface area contributed by atoms with E-state index in [0.717, 1.165) is 138 Å². The van der Waals surface area contributed by atoms with Gasteiger partial charge in [0, 0.05) is 112 Å². The summed E-state index contributed by atoms with van der Waals surface area (Å²) < 4.78 is 21.2. The zero-order valence-corrected chi connectivity index (χ0v) is 53.6. The van der Waals surface area contributed by atoms with Gasteiger partial charge in [0.15, 0.2) is 0 Å². The van der Waals surface area contributed by atoms with Crippen LogP contribution in [0.15, 0.2) is 106 Å². The molecule has 0 bridgehead atoms. The van der Waals surface area contributed by atoms with Crippen LogP contribution in [0.1, 0.15) is 130 Å². The number of rotatable bonds is 8. The van der Waals surface area contributed by atoms with Crippen LogP contribution in [0.25, 0.3) is 20.5 Å². The molecule has 0 unspecified atom stereocenters. The molecule has 0 radical (unpaired) electrons. The van der Waals surface area contributed by atoms with Crippen molar-refractivity contribution >= 4 is 95.8 Å². The molecule has 8 aromatic rings. The van der Waals surface area contributed by atoms with Gasteiger partial charge in [-0.05, 0) is 157 Å². The van der Waals surface area contributed by atoms with Crippen LogP contribution in [0.2, 0.25) is 5.02 Å². The number of likely N-dealkylation sites (tertiary alicyclic amines) is 3. The van der Waals surface area contributed by atoms with Crippen molar-refractivity contribution in [2.45, 2.75) is 104 Å². The summed E-state index contributed by atoms with van der Waals surface area (Å²) in [6.07, 6.45) is 12.1. The molecule has 10 heterocycles. The van der Waals surface area contributed by atoms with Crippen LogP contribution < -0.4 is 31.4 Å². The summed E-state index contributed by atoms with van der Waals surface area (Å²) >= 11 is 13.9. The molecule has 1 aliphatic carbocycles. The van der Waals surface area contributed by atoms with Crippen molar-refractivity contribution in [2.24, 2.45) is 17.2 Å². The molecule has 7 aliphatic rings. The highest BCUT2D eigenvalue weighted by Crippen LogP contribution is 2.50. The van der Waals surface area contributed by atoms with Crippen molar-refractivity contribution in [1.29, 1.82) is 5.26 Å². The number of amides is 3. The zero-order chi connectivity index (χ0) is 60.0. The molecular formula is C68H70ClN7O6S5. The van der Waals surface area contributed by atoms with Crippen molar-refractivity contribution in [3.8, 4) is 34.4 Å². The zero-order valence-electron chi connectivity index (χ0n) is 48.8. The van der Waals surface area contributed by atoms with Gasteiger partial charge in [-0.25, -0.2) is 0 Å². The Morgan fingerprint density at radius 3 is 1.55 bits per heavy atom. The van der Waals surface area contributed by atoms with E-state index in [1.807, 2.05) is 58.5 Å². The number of carbonyl (C=O) groups excluding carboxylic acids is 3. The van der Waals surface area contributed by atoms with E-state index in [0.29, 0.717) is 67.0 Å². The Morgan fingerprint density at radius 1 is 0.598 bits per heavy atom. The van der Waals surface area contributed by atoms with E-state index >= 15 is 0 Å². The summed E-state index contributed by atoms with van der Waals surface area (Å²) in [5.74, 6) is 3.32. The lowest BCUT2D eigenvalue weighted by molar-refractivity contribution is 0.0643. The van der Waals surface area contributed by atoms with E-state index in [2.05, 4.69) is 58.1 Å². The van der Waals surface area contributed by atoms with E-state index < -0.39 is 0 Å². The number of hydrogen-bond acceptors (Lipinski definition) is 15. The molecule has 4 aromatic heterocycles. The Bertz CT molecular complexity index is 3920. The highest BCUT2D eigenvalue weighted by atomic mass is 35.5. The molecule has 3 saturated heterocycles. The first-order valence-corrected chi connectivity index (χ1v) is 35.1. The van der Waals surface area contributed by atoms with Crippen LogP contribution in [-0.4, -0.2) is 97.8 Å². The van der Waals surface area contributed by atoms with E-state index in [1.54, 1.807) is 46.1 Å². The van der Waals surface area contributed by atoms with Gasteiger partial charge in [0.05, 0.1) is 39.3 Å². The van der Waals surface area contributed by atoms with E-state index in [1.165, 1.54) is 73.2 Å². The standard InChI is InChI=1S/C26H24ClN3O2S2.C22H26N2O2S.C20H20N2O2S2/c1-33-25-19(14-29)22(17-3-5-18(27)6-4-17)23(34-25)24(31)30-10-8-26(9-11-30)15-32-21-7-2-16(13-28)12-20(21)26;23-12-15-5-6-19-18(11-15)22(14-26-19)7-9-24(10-8-22)21(25)20-17-4-2-1-3-16(17)13-27-20;21-11-13-1-2-15-14(9-13)20(12-24-15)4-6-22(7-5-20)19(23)18-10-17-16(26-18)3-8-25-17/h2-7,12H,8-11,13,15,28H2,1H3;5-6,11,13H,1-4,7-10,12,14,23H2;1-3,8-10H,4-7,11-12,21H2. The Kier molecular flexibility index (Phi) is 17.1. The largest absolute Gasteiger partial charge is 0.492 e. The van der Waals surface area contributed by atoms with Gasteiger partial charge >= 0.3 is 0 Å². The van der Waals surface area contributed by atoms with Gasteiger partial charge < -0.3 is 46.1 Å². The summed E-state index contributed by atoms with van der Waals surface area (Å²) in [6, 6.07) is 32.6. The minimum Gasteiger partial charge on any atom is -0.492 e. The summed E-state index contributed by atoms with van der Waals surface area (Å²) in [4.78, 5) is 48.3. The van der Waals surface area contributed by atoms with Crippen LogP contribution in [0.3, 0.4) is 0 Å². The Balaban J connectivity index is 0.000000122. The average Bonchev–Trinajstić information content (AvgIpc) is 1.78. The van der Waals surface area contributed by atoms with Crippen molar-refractivity contribution in [3.05, 3.63) is 171 Å². The SMILES string of the molecule is CSc1sc(C(=O)N2CCC3(CC2)COc2ccc(CN)cc23)c(-c2ccc(Cl)cc2)c1C#N.NCc1ccc2c(c1)C1(CCN(C(=O)c3cc4sccc4s3)CC1)CO2.NCc1ccc2c(c1)C1(CCN(C(=O)c3scc4c3CCCC4)CC1)CO2. The third-order valence-corrected chi connectivity index (χ3v) is 24.9. The maximum absolute atomic E-state index is 13.8. The third-order valence-electron chi connectivity index (χ3n) is 19.2. The van der Waals surface area contributed by atoms with E-state index in [4.69, 9.17) is 43.0 Å². The van der Waals surface area contributed by atoms with Gasteiger partial charge in [-0.3, -0.25) is 14.4 Å². The molecule has 0 saturated carbocycles. The van der Waals surface area contributed by atoms with Crippen LogP contribution in [-0.2, 0) is 48.7 Å². The number of nitrogens with zero attached hydrogens (tertiary/aromatic N) is 4. The summed E-state index contributed by atoms with van der Waals surface area (Å²) in [5.41, 5.74) is 29.6. The quantitative estimate of drug-likeness (QED) is 0.123. The van der Waals surface area contributed by atoms with Crippen LogP contribution in [0.5, 0.6) is 17.2 Å². The minimum absolute atomic E-state index is 0.0172. The summed E-state index contributed by atoms with van der Waals surface area (Å²) in [6.45, 7) is 8.14. The van der Waals surface area contributed by atoms with E-state index in [9.17, 15) is 19.6 Å². The number of piperidine rings is 3. The smallest absolute Gasteiger partial charge is 0.264 e. The fraction of sp³-hybridized carbons (Fsp3) is 0.382. The lowest BCUT2D eigenvalue weighted by atomic mass is 9.74. The highest BCUT2D eigenvalue weighted by Gasteiger charge is 2.47. The number of thiophene rings is 4. The number of hydrogen-bond donors (Lipinski definition) is 3. The van der Waals surface area contributed by atoms with Gasteiger partial charge in [0.2, 0.25) is 0 Å². The monoisotopic (exact) mass is 1280 g/mol. The maximum atomic E-state index is 13.8. The molecule has 4 aromatic carbocycles. The number of fused-ring (bicyclic) bond motifs is 8. The second-order valence-electron chi connectivity index (χ2n) is 24.0. The molecule has 87 heavy (non-hydrogen) atoms. The van der Waals surface area contributed by atoms with Crippen LogP contribution in [0, 0.1) is 11.3 Å². The molecule has 0 atom stereocenters. The molecule has 6 N–H and O–H groups in total. The number of carbonyl (C=O) groups is 3.